The van der Waals surface area contributed by atoms with Gasteiger partial charge in [0.1, 0.15) is 0 Å². The Morgan fingerprint density at radius 3 is 3.21 bits per heavy atom. The van der Waals surface area contributed by atoms with Gasteiger partial charge in [-0.2, -0.15) is 5.10 Å². The molecule has 0 spiro atoms. The predicted octanol–water partition coefficient (Wildman–Crippen LogP) is 1.88. The lowest BCUT2D eigenvalue weighted by Crippen LogP contribution is -2.00. The molecule has 0 unspecified atom stereocenters. The molecule has 0 aliphatic carbocycles. The topological polar surface area (TPSA) is 43.6 Å². The number of thiophene rings is 1. The maximum atomic E-state index is 4.38. The number of fused-ring (bicyclic) bond motifs is 1. The quantitative estimate of drug-likeness (QED) is 0.605. The van der Waals surface area contributed by atoms with Gasteiger partial charge in [-0.15, -0.1) is 11.3 Å². The fraction of sp³-hybridized carbons (Fsp3) is 0. The third kappa shape index (κ3) is 1.10. The van der Waals surface area contributed by atoms with Crippen molar-refractivity contribution in [1.29, 1.82) is 0 Å². The molecule has 0 aliphatic heterocycles. The predicted molar refractivity (Wildman–Crippen MR) is 54.5 cm³/mol. The van der Waals surface area contributed by atoms with Gasteiger partial charge in [0.15, 0.2) is 0 Å². The van der Waals surface area contributed by atoms with E-state index in [1.165, 1.54) is 0 Å². The van der Waals surface area contributed by atoms with Crippen molar-refractivity contribution in [1.82, 2.24) is 19.7 Å². The normalized spacial score (nSPS) is 10.9. The molecule has 3 heterocycles. The van der Waals surface area contributed by atoms with E-state index in [1.54, 1.807) is 22.2 Å². The lowest BCUT2D eigenvalue weighted by Gasteiger charge is -1.97. The minimum Gasteiger partial charge on any atom is -0.218 e. The zero-order valence-corrected chi connectivity index (χ0v) is 7.98. The number of hydrogen-bond donors (Lipinski definition) is 0. The van der Waals surface area contributed by atoms with E-state index >= 15 is 0 Å². The van der Waals surface area contributed by atoms with Crippen LogP contribution >= 0.6 is 11.3 Å². The minimum absolute atomic E-state index is 0.612. The Kier molecular flexibility index (Phi) is 1.57. The molecule has 5 heteroatoms. The average molecular weight is 202 g/mol. The summed E-state index contributed by atoms with van der Waals surface area (Å²) in [6.07, 6.45) is 5.36. The molecule has 3 aromatic heterocycles. The van der Waals surface area contributed by atoms with E-state index in [9.17, 15) is 0 Å². The maximum absolute atomic E-state index is 4.38. The molecule has 0 saturated heterocycles. The van der Waals surface area contributed by atoms with Gasteiger partial charge in [-0.05, 0) is 17.5 Å². The first-order valence-corrected chi connectivity index (χ1v) is 5.02. The third-order valence-electron chi connectivity index (χ3n) is 1.90. The van der Waals surface area contributed by atoms with Crippen molar-refractivity contribution in [2.75, 3.05) is 0 Å². The summed E-state index contributed by atoms with van der Waals surface area (Å²) in [6, 6.07) is 3.83. The Morgan fingerprint density at radius 1 is 1.36 bits per heavy atom. The molecule has 68 valence electrons. The Labute approximate surface area is 83.9 Å². The largest absolute Gasteiger partial charge is 0.251 e. The first-order valence-electron chi connectivity index (χ1n) is 4.14. The highest BCUT2D eigenvalue weighted by atomic mass is 32.1. The highest BCUT2D eigenvalue weighted by molar-refractivity contribution is 7.17. The van der Waals surface area contributed by atoms with E-state index in [-0.39, 0.29) is 0 Å². The van der Waals surface area contributed by atoms with Gasteiger partial charge in [0.05, 0.1) is 16.4 Å². The van der Waals surface area contributed by atoms with Crippen LogP contribution in [0.3, 0.4) is 0 Å². The Balaban J connectivity index is 2.23. The minimum atomic E-state index is 0.612. The molecule has 0 amide bonds. The van der Waals surface area contributed by atoms with Gasteiger partial charge in [0.2, 0.25) is 0 Å². The second-order valence-electron chi connectivity index (χ2n) is 2.79. The lowest BCUT2D eigenvalue weighted by molar-refractivity contribution is 0.816. The fourth-order valence-electron chi connectivity index (χ4n) is 1.25. The number of nitrogens with zero attached hydrogens (tertiary/aromatic N) is 4. The molecule has 3 rings (SSSR count). The van der Waals surface area contributed by atoms with Gasteiger partial charge >= 0.3 is 0 Å². The van der Waals surface area contributed by atoms with E-state index in [4.69, 9.17) is 0 Å². The second kappa shape index (κ2) is 2.88. The fourth-order valence-corrected chi connectivity index (χ4v) is 1.95. The van der Waals surface area contributed by atoms with Crippen LogP contribution in [0.2, 0.25) is 0 Å². The average Bonchev–Trinajstić information content (AvgIpc) is 2.88. The summed E-state index contributed by atoms with van der Waals surface area (Å²) >= 11 is 1.64. The smallest absolute Gasteiger partial charge is 0.218 e. The zero-order chi connectivity index (χ0) is 9.38. The lowest BCUT2D eigenvalue weighted by atomic mass is 10.5. The van der Waals surface area contributed by atoms with Crippen LogP contribution in [-0.2, 0) is 0 Å². The first-order chi connectivity index (χ1) is 6.93. The van der Waals surface area contributed by atoms with Crippen molar-refractivity contribution in [2.24, 2.45) is 0 Å². The maximum Gasteiger partial charge on any atom is 0.251 e. The standard InChI is InChI=1S/C9H6N4S/c1-3-11-13(4-1)9-10-6-8-7(12-9)2-5-14-8/h1-6H. The summed E-state index contributed by atoms with van der Waals surface area (Å²) in [6.45, 7) is 0. The summed E-state index contributed by atoms with van der Waals surface area (Å²) < 4.78 is 2.75. The zero-order valence-electron chi connectivity index (χ0n) is 7.16. The Bertz CT molecular complexity index is 555. The van der Waals surface area contributed by atoms with E-state index in [1.807, 2.05) is 29.9 Å². The summed E-state index contributed by atoms with van der Waals surface area (Å²) in [4.78, 5) is 8.60. The van der Waals surface area contributed by atoms with E-state index in [0.717, 1.165) is 10.2 Å². The number of aromatic nitrogens is 4. The molecule has 4 nitrogen and oxygen atoms in total. The molecule has 0 fully saturated rings. The molecule has 0 aliphatic rings. The van der Waals surface area contributed by atoms with Crippen LogP contribution < -0.4 is 0 Å². The monoisotopic (exact) mass is 202 g/mol. The highest BCUT2D eigenvalue weighted by Crippen LogP contribution is 2.17. The molecular weight excluding hydrogens is 196 g/mol. The van der Waals surface area contributed by atoms with Crippen molar-refractivity contribution in [3.8, 4) is 5.95 Å². The van der Waals surface area contributed by atoms with Gasteiger partial charge in [0.25, 0.3) is 5.95 Å². The molecule has 0 saturated carbocycles. The molecule has 0 radical (unpaired) electrons. The van der Waals surface area contributed by atoms with Crippen molar-refractivity contribution in [2.45, 2.75) is 0 Å². The number of hydrogen-bond acceptors (Lipinski definition) is 4. The summed E-state index contributed by atoms with van der Waals surface area (Å²) in [5, 5.41) is 6.08. The van der Waals surface area contributed by atoms with Crippen LogP contribution in [0.25, 0.3) is 16.2 Å². The summed E-state index contributed by atoms with van der Waals surface area (Å²) in [5.41, 5.74) is 0.968. The SMILES string of the molecule is c1cnn(-c2ncc3sccc3n2)c1. The molecular formula is C9H6N4S. The third-order valence-corrected chi connectivity index (χ3v) is 2.74. The van der Waals surface area contributed by atoms with E-state index in [0.29, 0.717) is 5.95 Å². The molecule has 0 atom stereocenters. The van der Waals surface area contributed by atoms with Gasteiger partial charge in [0, 0.05) is 12.4 Å². The molecule has 0 N–H and O–H groups in total. The van der Waals surface area contributed by atoms with E-state index in [2.05, 4.69) is 15.1 Å². The van der Waals surface area contributed by atoms with Crippen molar-refractivity contribution >= 4 is 21.6 Å². The Morgan fingerprint density at radius 2 is 2.36 bits per heavy atom. The van der Waals surface area contributed by atoms with Crippen LogP contribution in [0.5, 0.6) is 0 Å². The van der Waals surface area contributed by atoms with Gasteiger partial charge in [-0.3, -0.25) is 0 Å². The highest BCUT2D eigenvalue weighted by Gasteiger charge is 2.02. The van der Waals surface area contributed by atoms with Crippen LogP contribution in [0.4, 0.5) is 0 Å². The second-order valence-corrected chi connectivity index (χ2v) is 3.74. The molecule has 0 aromatic carbocycles. The first kappa shape index (κ1) is 7.64. The van der Waals surface area contributed by atoms with Crippen molar-refractivity contribution in [3.63, 3.8) is 0 Å². The van der Waals surface area contributed by atoms with Crippen molar-refractivity contribution in [3.05, 3.63) is 36.1 Å². The van der Waals surface area contributed by atoms with Crippen LogP contribution in [0.15, 0.2) is 36.1 Å². The van der Waals surface area contributed by atoms with Gasteiger partial charge < -0.3 is 0 Å². The van der Waals surface area contributed by atoms with Gasteiger partial charge in [-0.1, -0.05) is 0 Å². The summed E-state index contributed by atoms with van der Waals surface area (Å²) in [5.74, 6) is 0.612. The molecule has 0 bridgehead atoms. The van der Waals surface area contributed by atoms with Crippen LogP contribution in [0.1, 0.15) is 0 Å². The molecule has 3 aromatic rings. The van der Waals surface area contributed by atoms with Crippen LogP contribution in [0, 0.1) is 0 Å². The van der Waals surface area contributed by atoms with Crippen LogP contribution in [-0.4, -0.2) is 19.7 Å². The number of rotatable bonds is 1. The Hall–Kier alpha value is -1.75. The summed E-state index contributed by atoms with van der Waals surface area (Å²) in [7, 11) is 0. The van der Waals surface area contributed by atoms with Gasteiger partial charge in [-0.25, -0.2) is 14.6 Å². The molecule has 14 heavy (non-hydrogen) atoms. The van der Waals surface area contributed by atoms with Crippen molar-refractivity contribution < 1.29 is 0 Å². The van der Waals surface area contributed by atoms with E-state index < -0.39 is 0 Å².